The van der Waals surface area contributed by atoms with Crippen molar-refractivity contribution in [3.05, 3.63) is 28.8 Å². The monoisotopic (exact) mass is 318 g/mol. The summed E-state index contributed by atoms with van der Waals surface area (Å²) in [6.45, 7) is 1.44. The van der Waals surface area contributed by atoms with Gasteiger partial charge in [-0.05, 0) is 37.0 Å². The van der Waals surface area contributed by atoms with Gasteiger partial charge in [0.05, 0.1) is 11.1 Å². The van der Waals surface area contributed by atoms with Crippen molar-refractivity contribution in [1.29, 1.82) is 0 Å². The van der Waals surface area contributed by atoms with Crippen molar-refractivity contribution < 1.29 is 9.47 Å². The van der Waals surface area contributed by atoms with Crippen LogP contribution in [0, 0.1) is 0 Å². The first kappa shape index (κ1) is 13.2. The number of hydrogen-bond donors (Lipinski definition) is 0. The van der Waals surface area contributed by atoms with Gasteiger partial charge in [-0.25, -0.2) is 0 Å². The van der Waals surface area contributed by atoms with Crippen molar-refractivity contribution >= 4 is 27.5 Å². The Morgan fingerprint density at radius 3 is 2.94 bits per heavy atom. The molecule has 1 atom stereocenters. The van der Waals surface area contributed by atoms with Crippen LogP contribution in [-0.2, 0) is 10.1 Å². The summed E-state index contributed by atoms with van der Waals surface area (Å²) in [5.74, 6) is 0.741. The third-order valence-corrected chi connectivity index (χ3v) is 3.79. The molecule has 4 heteroatoms. The van der Waals surface area contributed by atoms with E-state index in [1.54, 1.807) is 0 Å². The molecule has 1 aromatic carbocycles. The predicted octanol–water partition coefficient (Wildman–Crippen LogP) is 4.18. The van der Waals surface area contributed by atoms with E-state index in [1.807, 2.05) is 18.2 Å². The molecule has 0 saturated carbocycles. The number of hydrogen-bond acceptors (Lipinski definition) is 2. The Kier molecular flexibility index (Phi) is 5.14. The Morgan fingerprint density at radius 2 is 2.29 bits per heavy atom. The van der Waals surface area contributed by atoms with Crippen LogP contribution < -0.4 is 4.74 Å². The van der Waals surface area contributed by atoms with Crippen LogP contribution in [0.3, 0.4) is 0 Å². The lowest BCUT2D eigenvalue weighted by atomic mass is 10.1. The maximum absolute atomic E-state index is 6.14. The summed E-state index contributed by atoms with van der Waals surface area (Å²) in [5, 5.41) is 1.47. The zero-order valence-corrected chi connectivity index (χ0v) is 12.0. The molecule has 94 valence electrons. The van der Waals surface area contributed by atoms with Crippen LogP contribution in [0.15, 0.2) is 18.2 Å². The van der Waals surface area contributed by atoms with Gasteiger partial charge in [0.15, 0.2) is 0 Å². The van der Waals surface area contributed by atoms with Crippen LogP contribution in [0.25, 0.3) is 0 Å². The van der Waals surface area contributed by atoms with Crippen LogP contribution in [0.1, 0.15) is 24.8 Å². The fraction of sp³-hybridized carbons (Fsp3) is 0.538. The largest absolute Gasteiger partial charge is 0.489 e. The average molecular weight is 320 g/mol. The average Bonchev–Trinajstić information content (AvgIpc) is 2.38. The van der Waals surface area contributed by atoms with Gasteiger partial charge in [0.1, 0.15) is 12.4 Å². The number of benzene rings is 1. The SMILES string of the molecule is Clc1cc(CBr)ccc1OCC1CCCCO1. The highest BCUT2D eigenvalue weighted by Crippen LogP contribution is 2.27. The third-order valence-electron chi connectivity index (χ3n) is 2.85. The van der Waals surface area contributed by atoms with E-state index in [1.165, 1.54) is 6.42 Å². The molecule has 17 heavy (non-hydrogen) atoms. The molecule has 1 unspecified atom stereocenters. The van der Waals surface area contributed by atoms with Crippen LogP contribution in [0.5, 0.6) is 5.75 Å². The molecule has 1 fully saturated rings. The van der Waals surface area contributed by atoms with Gasteiger partial charge in [0, 0.05) is 11.9 Å². The molecule has 1 aliphatic rings. The number of alkyl halides is 1. The summed E-state index contributed by atoms with van der Waals surface area (Å²) in [4.78, 5) is 0. The Bertz CT molecular complexity index is 364. The Hall–Kier alpha value is -0.250. The summed E-state index contributed by atoms with van der Waals surface area (Å²) in [5.41, 5.74) is 1.15. The van der Waals surface area contributed by atoms with Gasteiger partial charge in [0.2, 0.25) is 0 Å². The lowest BCUT2D eigenvalue weighted by molar-refractivity contribution is -0.0110. The molecular weight excluding hydrogens is 303 g/mol. The first-order valence-corrected chi connectivity index (χ1v) is 7.38. The lowest BCUT2D eigenvalue weighted by Crippen LogP contribution is -2.25. The van der Waals surface area contributed by atoms with E-state index in [0.29, 0.717) is 11.6 Å². The first-order chi connectivity index (χ1) is 8.29. The van der Waals surface area contributed by atoms with Gasteiger partial charge in [-0.3, -0.25) is 0 Å². The molecule has 2 rings (SSSR count). The van der Waals surface area contributed by atoms with E-state index in [4.69, 9.17) is 21.1 Å². The van der Waals surface area contributed by atoms with Crippen molar-refractivity contribution in [2.75, 3.05) is 13.2 Å². The van der Waals surface area contributed by atoms with Crippen molar-refractivity contribution in [2.24, 2.45) is 0 Å². The summed E-state index contributed by atoms with van der Waals surface area (Å²) in [6.07, 6.45) is 3.69. The Morgan fingerprint density at radius 1 is 1.41 bits per heavy atom. The summed E-state index contributed by atoms with van der Waals surface area (Å²) in [7, 11) is 0. The molecule has 0 bridgehead atoms. The fourth-order valence-corrected chi connectivity index (χ4v) is 2.47. The molecule has 0 N–H and O–H groups in total. The molecule has 2 nitrogen and oxygen atoms in total. The van der Waals surface area contributed by atoms with Gasteiger partial charge in [-0.15, -0.1) is 0 Å². The minimum atomic E-state index is 0.218. The molecule has 1 aromatic rings. The zero-order valence-electron chi connectivity index (χ0n) is 9.62. The van der Waals surface area contributed by atoms with Crippen LogP contribution in [0.2, 0.25) is 5.02 Å². The van der Waals surface area contributed by atoms with Gasteiger partial charge >= 0.3 is 0 Å². The number of halogens is 2. The van der Waals surface area contributed by atoms with E-state index in [0.717, 1.165) is 36.1 Å². The highest BCUT2D eigenvalue weighted by molar-refractivity contribution is 9.08. The van der Waals surface area contributed by atoms with E-state index in [-0.39, 0.29) is 6.10 Å². The maximum atomic E-state index is 6.14. The normalized spacial score (nSPS) is 20.2. The fourth-order valence-electron chi connectivity index (χ4n) is 1.87. The van der Waals surface area contributed by atoms with E-state index in [2.05, 4.69) is 15.9 Å². The first-order valence-electron chi connectivity index (χ1n) is 5.88. The summed E-state index contributed by atoms with van der Waals surface area (Å²) >= 11 is 9.54. The minimum Gasteiger partial charge on any atom is -0.489 e. The second kappa shape index (κ2) is 6.62. The number of rotatable bonds is 4. The molecule has 0 aliphatic carbocycles. The topological polar surface area (TPSA) is 18.5 Å². The van der Waals surface area contributed by atoms with Gasteiger partial charge < -0.3 is 9.47 Å². The standard InChI is InChI=1S/C13H16BrClO2/c14-8-10-4-5-13(12(15)7-10)17-9-11-3-1-2-6-16-11/h4-5,7,11H,1-3,6,8-9H2. The second-order valence-electron chi connectivity index (χ2n) is 4.20. The predicted molar refractivity (Wildman–Crippen MR) is 73.2 cm³/mol. The molecule has 1 heterocycles. The van der Waals surface area contributed by atoms with Crippen molar-refractivity contribution in [2.45, 2.75) is 30.7 Å². The smallest absolute Gasteiger partial charge is 0.138 e. The van der Waals surface area contributed by atoms with Crippen molar-refractivity contribution in [3.8, 4) is 5.75 Å². The van der Waals surface area contributed by atoms with Crippen molar-refractivity contribution in [3.63, 3.8) is 0 Å². The quantitative estimate of drug-likeness (QED) is 0.775. The molecule has 0 aromatic heterocycles. The van der Waals surface area contributed by atoms with E-state index in [9.17, 15) is 0 Å². The molecular formula is C13H16BrClO2. The third kappa shape index (κ3) is 3.87. The van der Waals surface area contributed by atoms with Crippen LogP contribution in [-0.4, -0.2) is 19.3 Å². The molecule has 1 aliphatic heterocycles. The highest BCUT2D eigenvalue weighted by Gasteiger charge is 2.15. The van der Waals surface area contributed by atoms with E-state index >= 15 is 0 Å². The molecule has 0 spiro atoms. The van der Waals surface area contributed by atoms with E-state index < -0.39 is 0 Å². The molecule has 0 radical (unpaired) electrons. The second-order valence-corrected chi connectivity index (χ2v) is 5.17. The Labute approximate surface area is 115 Å². The van der Waals surface area contributed by atoms with Crippen LogP contribution >= 0.6 is 27.5 Å². The lowest BCUT2D eigenvalue weighted by Gasteiger charge is -2.22. The minimum absolute atomic E-state index is 0.218. The highest BCUT2D eigenvalue weighted by atomic mass is 79.9. The zero-order chi connectivity index (χ0) is 12.1. The summed E-state index contributed by atoms with van der Waals surface area (Å²) in [6, 6.07) is 5.85. The van der Waals surface area contributed by atoms with Crippen molar-refractivity contribution in [1.82, 2.24) is 0 Å². The molecule has 0 amide bonds. The van der Waals surface area contributed by atoms with Gasteiger partial charge in [-0.2, -0.15) is 0 Å². The number of ether oxygens (including phenoxy) is 2. The maximum Gasteiger partial charge on any atom is 0.138 e. The van der Waals surface area contributed by atoms with Crippen LogP contribution in [0.4, 0.5) is 0 Å². The summed E-state index contributed by atoms with van der Waals surface area (Å²) < 4.78 is 11.3. The Balaban J connectivity index is 1.89. The molecule has 1 saturated heterocycles. The van der Waals surface area contributed by atoms with Gasteiger partial charge in [-0.1, -0.05) is 33.6 Å². The van der Waals surface area contributed by atoms with Gasteiger partial charge in [0.25, 0.3) is 0 Å².